The van der Waals surface area contributed by atoms with Gasteiger partial charge < -0.3 is 21.1 Å². The van der Waals surface area contributed by atoms with Crippen LogP contribution in [0.25, 0.3) is 0 Å². The maximum absolute atomic E-state index is 13.7. The first-order valence-electron chi connectivity index (χ1n) is 12.7. The first-order valence-corrected chi connectivity index (χ1v) is 12.7. The standard InChI is InChI=1S/C32H31N3O4/c33-30(36)29(28(25-17-9-3-10-18-25)26-19-11-4-12-20-26)35-31(37)27(21-23-13-5-1-6-14-23)34-32(38)39-22-24-15-7-2-8-16-24/h1-20,27-29H,21-22H2,(H2,33,36)(H,34,38)(H,35,37)/t27-,29+/m0/s1. The predicted molar refractivity (Wildman–Crippen MR) is 150 cm³/mol. The van der Waals surface area contributed by atoms with Gasteiger partial charge in [-0.25, -0.2) is 4.79 Å². The van der Waals surface area contributed by atoms with Gasteiger partial charge in [0.2, 0.25) is 11.8 Å². The van der Waals surface area contributed by atoms with Gasteiger partial charge in [0.05, 0.1) is 0 Å². The van der Waals surface area contributed by atoms with E-state index in [0.717, 1.165) is 22.3 Å². The van der Waals surface area contributed by atoms with Crippen molar-refractivity contribution in [3.05, 3.63) is 144 Å². The van der Waals surface area contributed by atoms with E-state index in [1.54, 1.807) is 0 Å². The number of hydrogen-bond acceptors (Lipinski definition) is 4. The third-order valence-electron chi connectivity index (χ3n) is 6.36. The summed E-state index contributed by atoms with van der Waals surface area (Å²) in [4.78, 5) is 39.1. The van der Waals surface area contributed by atoms with Crippen molar-refractivity contribution in [2.24, 2.45) is 5.73 Å². The van der Waals surface area contributed by atoms with Crippen LogP contribution in [-0.2, 0) is 27.4 Å². The van der Waals surface area contributed by atoms with Crippen LogP contribution < -0.4 is 16.4 Å². The van der Waals surface area contributed by atoms with Gasteiger partial charge in [0, 0.05) is 12.3 Å². The van der Waals surface area contributed by atoms with Gasteiger partial charge in [-0.3, -0.25) is 9.59 Å². The number of ether oxygens (including phenoxy) is 1. The van der Waals surface area contributed by atoms with Gasteiger partial charge in [0.25, 0.3) is 0 Å². The molecule has 0 aliphatic rings. The quantitative estimate of drug-likeness (QED) is 0.273. The highest BCUT2D eigenvalue weighted by Gasteiger charge is 2.33. The molecule has 4 rings (SSSR count). The number of carbonyl (C=O) groups excluding carboxylic acids is 3. The van der Waals surface area contributed by atoms with E-state index in [-0.39, 0.29) is 13.0 Å². The maximum Gasteiger partial charge on any atom is 0.408 e. The molecule has 0 heterocycles. The molecule has 0 unspecified atom stereocenters. The first-order chi connectivity index (χ1) is 19.0. The molecule has 4 aromatic rings. The third kappa shape index (κ3) is 7.79. The van der Waals surface area contributed by atoms with Crippen LogP contribution in [0.2, 0.25) is 0 Å². The average Bonchev–Trinajstić information content (AvgIpc) is 2.97. The Morgan fingerprint density at radius 2 is 1.10 bits per heavy atom. The molecule has 7 heteroatoms. The number of amides is 3. The second kappa shape index (κ2) is 13.6. The van der Waals surface area contributed by atoms with Gasteiger partial charge in [0.1, 0.15) is 18.7 Å². The maximum atomic E-state index is 13.7. The largest absolute Gasteiger partial charge is 0.445 e. The summed E-state index contributed by atoms with van der Waals surface area (Å²) in [5, 5.41) is 5.50. The molecule has 0 fully saturated rings. The summed E-state index contributed by atoms with van der Waals surface area (Å²) in [7, 11) is 0. The number of rotatable bonds is 11. The molecule has 0 aliphatic carbocycles. The van der Waals surface area contributed by atoms with Crippen molar-refractivity contribution in [2.75, 3.05) is 0 Å². The minimum absolute atomic E-state index is 0.0559. The van der Waals surface area contributed by atoms with Gasteiger partial charge >= 0.3 is 6.09 Å². The fraction of sp³-hybridized carbons (Fsp3) is 0.156. The summed E-state index contributed by atoms with van der Waals surface area (Å²) < 4.78 is 5.36. The van der Waals surface area contributed by atoms with Crippen LogP contribution in [0.4, 0.5) is 4.79 Å². The van der Waals surface area contributed by atoms with E-state index in [9.17, 15) is 14.4 Å². The van der Waals surface area contributed by atoms with E-state index >= 15 is 0 Å². The number of nitrogens with two attached hydrogens (primary N) is 1. The summed E-state index contributed by atoms with van der Waals surface area (Å²) in [5.74, 6) is -1.77. The zero-order chi connectivity index (χ0) is 27.5. The van der Waals surface area contributed by atoms with E-state index in [2.05, 4.69) is 10.6 Å². The molecule has 0 saturated carbocycles. The van der Waals surface area contributed by atoms with Crippen LogP contribution in [-0.4, -0.2) is 30.0 Å². The molecular weight excluding hydrogens is 490 g/mol. The molecule has 2 atom stereocenters. The lowest BCUT2D eigenvalue weighted by atomic mass is 9.84. The van der Waals surface area contributed by atoms with Crippen LogP contribution >= 0.6 is 0 Å². The highest BCUT2D eigenvalue weighted by atomic mass is 16.5. The van der Waals surface area contributed by atoms with E-state index in [1.807, 2.05) is 121 Å². The van der Waals surface area contributed by atoms with E-state index in [4.69, 9.17) is 10.5 Å². The molecule has 0 bridgehead atoms. The molecule has 3 amide bonds. The van der Waals surface area contributed by atoms with E-state index < -0.39 is 35.9 Å². The fourth-order valence-electron chi connectivity index (χ4n) is 4.44. The third-order valence-corrected chi connectivity index (χ3v) is 6.36. The Kier molecular flexibility index (Phi) is 9.45. The van der Waals surface area contributed by atoms with Gasteiger partial charge in [-0.05, 0) is 22.3 Å². The minimum atomic E-state index is -1.07. The Morgan fingerprint density at radius 3 is 1.59 bits per heavy atom. The molecule has 0 aromatic heterocycles. The molecule has 4 aromatic carbocycles. The average molecular weight is 522 g/mol. The van der Waals surface area contributed by atoms with Crippen molar-refractivity contribution < 1.29 is 19.1 Å². The van der Waals surface area contributed by atoms with Gasteiger partial charge in [-0.2, -0.15) is 0 Å². The summed E-state index contributed by atoms with van der Waals surface area (Å²) in [6.07, 6.45) is -0.548. The summed E-state index contributed by atoms with van der Waals surface area (Å²) in [5.41, 5.74) is 9.16. The second-order valence-electron chi connectivity index (χ2n) is 9.14. The predicted octanol–water partition coefficient (Wildman–Crippen LogP) is 4.33. The topological polar surface area (TPSA) is 111 Å². The highest BCUT2D eigenvalue weighted by Crippen LogP contribution is 2.28. The van der Waals surface area contributed by atoms with E-state index in [0.29, 0.717) is 0 Å². The lowest BCUT2D eigenvalue weighted by Crippen LogP contribution is -2.55. The minimum Gasteiger partial charge on any atom is -0.445 e. The van der Waals surface area contributed by atoms with Crippen molar-refractivity contribution in [2.45, 2.75) is 31.0 Å². The van der Waals surface area contributed by atoms with Crippen LogP contribution in [0.15, 0.2) is 121 Å². The Balaban J connectivity index is 1.57. The lowest BCUT2D eigenvalue weighted by Gasteiger charge is -2.28. The monoisotopic (exact) mass is 521 g/mol. The van der Waals surface area contributed by atoms with Crippen LogP contribution in [0.1, 0.15) is 28.2 Å². The SMILES string of the molecule is NC(=O)[C@H](NC(=O)[C@H](Cc1ccccc1)NC(=O)OCc1ccccc1)C(c1ccccc1)c1ccccc1. The molecule has 0 aliphatic heterocycles. The van der Waals surface area contributed by atoms with Crippen molar-refractivity contribution in [1.82, 2.24) is 10.6 Å². The van der Waals surface area contributed by atoms with Crippen molar-refractivity contribution in [1.29, 1.82) is 0 Å². The van der Waals surface area contributed by atoms with Crippen LogP contribution in [0, 0.1) is 0 Å². The summed E-state index contributed by atoms with van der Waals surface area (Å²) in [6, 6.07) is 35.3. The number of nitrogens with one attached hydrogen (secondary N) is 2. The summed E-state index contributed by atoms with van der Waals surface area (Å²) >= 11 is 0. The number of alkyl carbamates (subject to hydrolysis) is 1. The Morgan fingerprint density at radius 1 is 0.641 bits per heavy atom. The van der Waals surface area contributed by atoms with Crippen molar-refractivity contribution >= 4 is 17.9 Å². The van der Waals surface area contributed by atoms with E-state index in [1.165, 1.54) is 0 Å². The molecule has 0 saturated heterocycles. The van der Waals surface area contributed by atoms with Crippen LogP contribution in [0.5, 0.6) is 0 Å². The highest BCUT2D eigenvalue weighted by molar-refractivity contribution is 5.92. The molecule has 0 spiro atoms. The molecule has 4 N–H and O–H groups in total. The smallest absolute Gasteiger partial charge is 0.408 e. The Bertz CT molecular complexity index is 1310. The number of carbonyl (C=O) groups is 3. The number of benzene rings is 4. The van der Waals surface area contributed by atoms with Crippen molar-refractivity contribution in [3.63, 3.8) is 0 Å². The molecule has 0 radical (unpaired) electrons. The fourth-order valence-corrected chi connectivity index (χ4v) is 4.44. The second-order valence-corrected chi connectivity index (χ2v) is 9.14. The molecule has 39 heavy (non-hydrogen) atoms. The van der Waals surface area contributed by atoms with Gasteiger partial charge in [-0.15, -0.1) is 0 Å². The Hall–Kier alpha value is -4.91. The number of hydrogen-bond donors (Lipinski definition) is 3. The first kappa shape index (κ1) is 27.1. The zero-order valence-corrected chi connectivity index (χ0v) is 21.4. The van der Waals surface area contributed by atoms with Gasteiger partial charge in [-0.1, -0.05) is 121 Å². The number of primary amides is 1. The van der Waals surface area contributed by atoms with Crippen LogP contribution in [0.3, 0.4) is 0 Å². The van der Waals surface area contributed by atoms with Gasteiger partial charge in [0.15, 0.2) is 0 Å². The normalized spacial score (nSPS) is 12.2. The molecule has 7 nitrogen and oxygen atoms in total. The Labute approximate surface area is 228 Å². The zero-order valence-electron chi connectivity index (χ0n) is 21.4. The summed E-state index contributed by atoms with van der Waals surface area (Å²) in [6.45, 7) is 0.0559. The van der Waals surface area contributed by atoms with Crippen molar-refractivity contribution in [3.8, 4) is 0 Å². The molecular formula is C32H31N3O4. The lowest BCUT2D eigenvalue weighted by molar-refractivity contribution is -0.128. The molecule has 198 valence electrons.